The van der Waals surface area contributed by atoms with Gasteiger partial charge < -0.3 is 16.0 Å². The molecule has 0 bridgehead atoms. The normalized spacial score (nSPS) is 10.9. The Morgan fingerprint density at radius 1 is 1.30 bits per heavy atom. The molecule has 0 aliphatic heterocycles. The molecule has 3 rings (SSSR count). The van der Waals surface area contributed by atoms with Crippen LogP contribution in [0.3, 0.4) is 0 Å². The molecule has 1 amide bonds. The summed E-state index contributed by atoms with van der Waals surface area (Å²) in [6, 6.07) is 9.54. The first-order valence-corrected chi connectivity index (χ1v) is 7.42. The second kappa shape index (κ2) is 6.08. The molecule has 118 valence electrons. The number of aromatic nitrogens is 2. The van der Waals surface area contributed by atoms with Crippen molar-refractivity contribution in [2.75, 3.05) is 11.1 Å². The van der Waals surface area contributed by atoms with Gasteiger partial charge in [-0.3, -0.25) is 4.79 Å². The highest BCUT2D eigenvalue weighted by atomic mass is 19.1. The molecule has 0 spiro atoms. The molecular weight excluding hydrogens is 295 g/mol. The third-order valence-corrected chi connectivity index (χ3v) is 3.52. The largest absolute Gasteiger partial charge is 0.397 e. The number of aromatic amines is 1. The van der Waals surface area contributed by atoms with E-state index < -0.39 is 0 Å². The van der Waals surface area contributed by atoms with E-state index in [4.69, 9.17) is 5.73 Å². The van der Waals surface area contributed by atoms with Gasteiger partial charge in [0.25, 0.3) is 0 Å². The molecule has 0 aliphatic carbocycles. The summed E-state index contributed by atoms with van der Waals surface area (Å²) in [7, 11) is 0. The zero-order valence-electron chi connectivity index (χ0n) is 12.7. The van der Waals surface area contributed by atoms with Gasteiger partial charge in [0.2, 0.25) is 5.91 Å². The van der Waals surface area contributed by atoms with Crippen LogP contribution in [-0.4, -0.2) is 15.9 Å². The van der Waals surface area contributed by atoms with Gasteiger partial charge in [-0.15, -0.1) is 0 Å². The van der Waals surface area contributed by atoms with Crippen LogP contribution in [0.25, 0.3) is 22.4 Å². The van der Waals surface area contributed by atoms with Gasteiger partial charge in [0, 0.05) is 12.0 Å². The predicted molar refractivity (Wildman–Crippen MR) is 89.4 cm³/mol. The summed E-state index contributed by atoms with van der Waals surface area (Å²) in [5.41, 5.74) is 9.23. The highest BCUT2D eigenvalue weighted by Crippen LogP contribution is 2.27. The molecule has 3 aromatic rings. The molecule has 23 heavy (non-hydrogen) atoms. The van der Waals surface area contributed by atoms with E-state index in [9.17, 15) is 9.18 Å². The molecule has 0 fully saturated rings. The lowest BCUT2D eigenvalue weighted by molar-refractivity contribution is -0.116. The van der Waals surface area contributed by atoms with E-state index in [1.807, 2.05) is 6.92 Å². The monoisotopic (exact) mass is 312 g/mol. The highest BCUT2D eigenvalue weighted by molar-refractivity contribution is 5.98. The van der Waals surface area contributed by atoms with E-state index >= 15 is 0 Å². The number of amides is 1. The number of anilines is 2. The molecule has 2 aromatic carbocycles. The maximum atomic E-state index is 13.0. The van der Waals surface area contributed by atoms with Gasteiger partial charge in [-0.05, 0) is 42.8 Å². The number of benzene rings is 2. The van der Waals surface area contributed by atoms with Crippen molar-refractivity contribution in [1.29, 1.82) is 0 Å². The van der Waals surface area contributed by atoms with E-state index in [-0.39, 0.29) is 11.7 Å². The molecule has 0 atom stereocenters. The van der Waals surface area contributed by atoms with E-state index in [2.05, 4.69) is 15.3 Å². The van der Waals surface area contributed by atoms with E-state index in [0.717, 1.165) is 17.5 Å². The summed E-state index contributed by atoms with van der Waals surface area (Å²) in [5.74, 6) is 0.249. The summed E-state index contributed by atoms with van der Waals surface area (Å²) in [5, 5.41) is 2.79. The second-order valence-electron chi connectivity index (χ2n) is 5.35. The number of nitrogens with zero attached hydrogens (tertiary/aromatic N) is 1. The zero-order valence-corrected chi connectivity index (χ0v) is 12.7. The van der Waals surface area contributed by atoms with Crippen molar-refractivity contribution in [3.05, 3.63) is 42.2 Å². The number of H-pyrrole nitrogens is 1. The summed E-state index contributed by atoms with van der Waals surface area (Å²) < 4.78 is 13.0. The molecule has 4 N–H and O–H groups in total. The Bertz CT molecular complexity index is 855. The van der Waals surface area contributed by atoms with Crippen LogP contribution in [0.15, 0.2) is 36.4 Å². The Kier molecular flexibility index (Phi) is 3.97. The van der Waals surface area contributed by atoms with Gasteiger partial charge in [-0.2, -0.15) is 0 Å². The molecule has 0 unspecified atom stereocenters. The van der Waals surface area contributed by atoms with Crippen molar-refractivity contribution < 1.29 is 9.18 Å². The fourth-order valence-electron chi connectivity index (χ4n) is 2.37. The van der Waals surface area contributed by atoms with Crippen molar-refractivity contribution in [2.45, 2.75) is 19.8 Å². The van der Waals surface area contributed by atoms with Crippen LogP contribution in [0.2, 0.25) is 0 Å². The fraction of sp³-hybridized carbons (Fsp3) is 0.176. The Labute approximate surface area is 132 Å². The lowest BCUT2D eigenvalue weighted by atomic mass is 10.2. The number of carbonyl (C=O) groups excluding carboxylic acids is 1. The lowest BCUT2D eigenvalue weighted by Crippen LogP contribution is -2.12. The Morgan fingerprint density at radius 3 is 2.74 bits per heavy atom. The van der Waals surface area contributed by atoms with Crippen LogP contribution in [0, 0.1) is 5.82 Å². The first-order chi connectivity index (χ1) is 11.1. The predicted octanol–water partition coefficient (Wildman–Crippen LogP) is 3.69. The van der Waals surface area contributed by atoms with Crippen LogP contribution >= 0.6 is 0 Å². The minimum atomic E-state index is -0.296. The van der Waals surface area contributed by atoms with Gasteiger partial charge >= 0.3 is 0 Å². The number of hydrogen-bond acceptors (Lipinski definition) is 3. The van der Waals surface area contributed by atoms with Crippen molar-refractivity contribution >= 4 is 28.3 Å². The highest BCUT2D eigenvalue weighted by Gasteiger charge is 2.10. The average Bonchev–Trinajstić information content (AvgIpc) is 2.91. The molecule has 0 saturated heterocycles. The number of imidazole rings is 1. The number of nitrogens with one attached hydrogen (secondary N) is 2. The van der Waals surface area contributed by atoms with Crippen LogP contribution < -0.4 is 11.1 Å². The number of hydrogen-bond donors (Lipinski definition) is 3. The van der Waals surface area contributed by atoms with Crippen molar-refractivity contribution in [2.24, 2.45) is 0 Å². The van der Waals surface area contributed by atoms with Crippen molar-refractivity contribution in [1.82, 2.24) is 9.97 Å². The molecule has 5 nitrogen and oxygen atoms in total. The van der Waals surface area contributed by atoms with E-state index in [1.165, 1.54) is 12.1 Å². The second-order valence-corrected chi connectivity index (χ2v) is 5.35. The number of halogens is 1. The number of carbonyl (C=O) groups is 1. The topological polar surface area (TPSA) is 83.8 Å². The van der Waals surface area contributed by atoms with Crippen molar-refractivity contribution in [3.8, 4) is 11.4 Å². The summed E-state index contributed by atoms with van der Waals surface area (Å²) in [6.07, 6.45) is 1.21. The van der Waals surface area contributed by atoms with Gasteiger partial charge in [0.1, 0.15) is 11.6 Å². The fourth-order valence-corrected chi connectivity index (χ4v) is 2.37. The lowest BCUT2D eigenvalue weighted by Gasteiger charge is -2.07. The SMILES string of the molecule is CCCC(=O)Nc1cc2nc(-c3ccc(F)cc3)[nH]c2cc1N. The van der Waals surface area contributed by atoms with E-state index in [1.54, 1.807) is 24.3 Å². The van der Waals surface area contributed by atoms with Gasteiger partial charge in [-0.25, -0.2) is 9.37 Å². The molecule has 0 saturated carbocycles. The van der Waals surface area contributed by atoms with E-state index in [0.29, 0.717) is 29.1 Å². The smallest absolute Gasteiger partial charge is 0.224 e. The standard InChI is InChI=1S/C17H17FN4O/c1-2-3-16(23)20-13-9-15-14(8-12(13)19)21-17(22-15)10-4-6-11(18)7-5-10/h4-9H,2-3,19H2,1H3,(H,20,23)(H,21,22). The number of fused-ring (bicyclic) bond motifs is 1. The summed E-state index contributed by atoms with van der Waals surface area (Å²) in [6.45, 7) is 1.94. The van der Waals surface area contributed by atoms with Gasteiger partial charge in [0.05, 0.1) is 22.4 Å². The number of rotatable bonds is 4. The van der Waals surface area contributed by atoms with Crippen molar-refractivity contribution in [3.63, 3.8) is 0 Å². The molecule has 1 aromatic heterocycles. The third-order valence-electron chi connectivity index (χ3n) is 3.52. The zero-order chi connectivity index (χ0) is 16.4. The first kappa shape index (κ1) is 15.0. The molecule has 6 heteroatoms. The van der Waals surface area contributed by atoms with Crippen LogP contribution in [0.1, 0.15) is 19.8 Å². The summed E-state index contributed by atoms with van der Waals surface area (Å²) in [4.78, 5) is 19.4. The Hall–Kier alpha value is -2.89. The molecule has 1 heterocycles. The maximum absolute atomic E-state index is 13.0. The summed E-state index contributed by atoms with van der Waals surface area (Å²) >= 11 is 0. The van der Waals surface area contributed by atoms with Gasteiger partial charge in [-0.1, -0.05) is 6.92 Å². The Balaban J connectivity index is 1.96. The number of nitrogens with two attached hydrogens (primary N) is 1. The molecular formula is C17H17FN4O. The van der Waals surface area contributed by atoms with Gasteiger partial charge in [0.15, 0.2) is 0 Å². The van der Waals surface area contributed by atoms with Crippen LogP contribution in [0.4, 0.5) is 15.8 Å². The Morgan fingerprint density at radius 2 is 2.04 bits per heavy atom. The van der Waals surface area contributed by atoms with Crippen LogP contribution in [0.5, 0.6) is 0 Å². The quantitative estimate of drug-likeness (QED) is 0.642. The number of nitrogen functional groups attached to an aromatic ring is 1. The minimum absolute atomic E-state index is 0.0761. The third kappa shape index (κ3) is 3.15. The molecule has 0 radical (unpaired) electrons. The maximum Gasteiger partial charge on any atom is 0.224 e. The first-order valence-electron chi connectivity index (χ1n) is 7.42. The van der Waals surface area contributed by atoms with Crippen LogP contribution in [-0.2, 0) is 4.79 Å². The minimum Gasteiger partial charge on any atom is -0.397 e. The average molecular weight is 312 g/mol. The molecule has 0 aliphatic rings.